The number of likely N-dealkylation sites (tertiary alicyclic amines) is 1. The first-order chi connectivity index (χ1) is 9.76. The molecule has 20 heavy (non-hydrogen) atoms. The van der Waals surface area contributed by atoms with Gasteiger partial charge in [-0.2, -0.15) is 0 Å². The molecule has 0 aromatic carbocycles. The number of carbonyl (C=O) groups excluding carboxylic acids is 1. The van der Waals surface area contributed by atoms with Crippen LogP contribution in [0.1, 0.15) is 30.8 Å². The van der Waals surface area contributed by atoms with Crippen molar-refractivity contribution in [3.8, 4) is 0 Å². The molecule has 5 heteroatoms. The minimum absolute atomic E-state index is 0.00293. The molecule has 3 rings (SSSR count). The Labute approximate surface area is 119 Å². The lowest BCUT2D eigenvalue weighted by atomic mass is 10.1. The van der Waals surface area contributed by atoms with Crippen LogP contribution in [0.4, 0.5) is 0 Å². The molecule has 0 aliphatic carbocycles. The summed E-state index contributed by atoms with van der Waals surface area (Å²) in [6.07, 6.45) is 7.49. The van der Waals surface area contributed by atoms with E-state index in [0.717, 1.165) is 31.2 Å². The first-order valence-corrected chi connectivity index (χ1v) is 7.45. The Bertz CT molecular complexity index is 502. The van der Waals surface area contributed by atoms with Crippen molar-refractivity contribution in [1.82, 2.24) is 19.4 Å². The normalized spacial score (nSPS) is 19.7. The van der Waals surface area contributed by atoms with E-state index in [2.05, 4.69) is 22.2 Å². The number of hydrogen-bond donors (Lipinski definition) is 0. The predicted octanol–water partition coefficient (Wildman–Crippen LogP) is 1.40. The van der Waals surface area contributed by atoms with Gasteiger partial charge in [0.1, 0.15) is 5.82 Å². The number of imidazole rings is 1. The lowest BCUT2D eigenvalue weighted by Crippen LogP contribution is -2.37. The molecule has 0 bridgehead atoms. The van der Waals surface area contributed by atoms with E-state index < -0.39 is 0 Å². The fourth-order valence-corrected chi connectivity index (χ4v) is 3.05. The van der Waals surface area contributed by atoms with Crippen molar-refractivity contribution < 1.29 is 4.79 Å². The molecule has 0 atom stereocenters. The van der Waals surface area contributed by atoms with Crippen LogP contribution in [0.15, 0.2) is 18.9 Å². The second kappa shape index (κ2) is 5.79. The lowest BCUT2D eigenvalue weighted by molar-refractivity contribution is -0.127. The van der Waals surface area contributed by atoms with Gasteiger partial charge in [-0.15, -0.1) is 0 Å². The van der Waals surface area contributed by atoms with Gasteiger partial charge >= 0.3 is 0 Å². The summed E-state index contributed by atoms with van der Waals surface area (Å²) in [5, 5.41) is 0. The zero-order valence-corrected chi connectivity index (χ0v) is 11.9. The van der Waals surface area contributed by atoms with Crippen molar-refractivity contribution in [2.24, 2.45) is 0 Å². The van der Waals surface area contributed by atoms with Crippen molar-refractivity contribution in [3.63, 3.8) is 0 Å². The van der Waals surface area contributed by atoms with E-state index >= 15 is 0 Å². The average molecular weight is 274 g/mol. The number of carbonyl (C=O) groups is 1. The second-order valence-electron chi connectivity index (χ2n) is 5.64. The molecular weight excluding hydrogens is 252 g/mol. The standard InChI is InChI=1S/C15H22N4O/c1-2-15(20)19-9-8-18-11-13(16-14(18)12-19)10-17-6-4-3-5-7-17/h2,11H,1,3-10,12H2. The van der Waals surface area contributed by atoms with Gasteiger partial charge in [0.15, 0.2) is 0 Å². The van der Waals surface area contributed by atoms with Gasteiger partial charge in [-0.1, -0.05) is 13.0 Å². The highest BCUT2D eigenvalue weighted by molar-refractivity contribution is 5.86. The highest BCUT2D eigenvalue weighted by atomic mass is 16.2. The third kappa shape index (κ3) is 2.77. The molecular formula is C15H22N4O. The lowest BCUT2D eigenvalue weighted by Gasteiger charge is -2.26. The molecule has 5 nitrogen and oxygen atoms in total. The quantitative estimate of drug-likeness (QED) is 0.782. The Morgan fingerprint density at radius 1 is 1.25 bits per heavy atom. The maximum atomic E-state index is 11.7. The molecule has 1 aromatic heterocycles. The fourth-order valence-electron chi connectivity index (χ4n) is 3.05. The van der Waals surface area contributed by atoms with Crippen LogP contribution < -0.4 is 0 Å². The molecule has 1 amide bonds. The maximum Gasteiger partial charge on any atom is 0.246 e. The Balaban J connectivity index is 1.66. The van der Waals surface area contributed by atoms with Gasteiger partial charge in [-0.25, -0.2) is 4.98 Å². The molecule has 3 heterocycles. The molecule has 0 spiro atoms. The first kappa shape index (κ1) is 13.4. The highest BCUT2D eigenvalue weighted by Gasteiger charge is 2.21. The van der Waals surface area contributed by atoms with Crippen LogP contribution >= 0.6 is 0 Å². The van der Waals surface area contributed by atoms with E-state index in [0.29, 0.717) is 6.54 Å². The van der Waals surface area contributed by atoms with Gasteiger partial charge in [0.05, 0.1) is 12.2 Å². The molecule has 0 radical (unpaired) electrons. The SMILES string of the molecule is C=CC(=O)N1CCn2cc(CN3CCCCC3)nc2C1. The molecule has 1 saturated heterocycles. The van der Waals surface area contributed by atoms with E-state index in [1.54, 1.807) is 4.90 Å². The summed E-state index contributed by atoms with van der Waals surface area (Å²) >= 11 is 0. The number of piperidine rings is 1. The summed E-state index contributed by atoms with van der Waals surface area (Å²) in [7, 11) is 0. The minimum Gasteiger partial charge on any atom is -0.331 e. The summed E-state index contributed by atoms with van der Waals surface area (Å²) in [5.41, 5.74) is 1.13. The number of aromatic nitrogens is 2. The largest absolute Gasteiger partial charge is 0.331 e. The van der Waals surface area contributed by atoms with Gasteiger partial charge in [0.25, 0.3) is 0 Å². The third-order valence-corrected chi connectivity index (χ3v) is 4.17. The molecule has 0 saturated carbocycles. The van der Waals surface area contributed by atoms with Gasteiger partial charge in [0.2, 0.25) is 5.91 Å². The molecule has 108 valence electrons. The van der Waals surface area contributed by atoms with E-state index in [1.807, 2.05) is 0 Å². The smallest absolute Gasteiger partial charge is 0.246 e. The Morgan fingerprint density at radius 2 is 2.05 bits per heavy atom. The average Bonchev–Trinajstić information content (AvgIpc) is 2.88. The van der Waals surface area contributed by atoms with E-state index in [-0.39, 0.29) is 5.91 Å². The van der Waals surface area contributed by atoms with Crippen LogP contribution in [0.2, 0.25) is 0 Å². The van der Waals surface area contributed by atoms with Crippen molar-refractivity contribution in [1.29, 1.82) is 0 Å². The summed E-state index contributed by atoms with van der Waals surface area (Å²) in [5.74, 6) is 0.996. The zero-order valence-electron chi connectivity index (χ0n) is 11.9. The molecule has 2 aliphatic rings. The number of nitrogens with zero attached hydrogens (tertiary/aromatic N) is 4. The Kier molecular flexibility index (Phi) is 3.87. The third-order valence-electron chi connectivity index (χ3n) is 4.17. The van der Waals surface area contributed by atoms with E-state index in [4.69, 9.17) is 4.98 Å². The molecule has 1 fully saturated rings. The van der Waals surface area contributed by atoms with Crippen LogP contribution in [0.5, 0.6) is 0 Å². The topological polar surface area (TPSA) is 41.4 Å². The fraction of sp³-hybridized carbons (Fsp3) is 0.600. The van der Waals surface area contributed by atoms with Crippen LogP contribution in [-0.2, 0) is 24.4 Å². The first-order valence-electron chi connectivity index (χ1n) is 7.45. The zero-order chi connectivity index (χ0) is 13.9. The van der Waals surface area contributed by atoms with Crippen LogP contribution in [0, 0.1) is 0 Å². The molecule has 0 unspecified atom stereocenters. The molecule has 2 aliphatic heterocycles. The van der Waals surface area contributed by atoms with Gasteiger partial charge in [-0.3, -0.25) is 9.69 Å². The molecule has 0 N–H and O–H groups in total. The van der Waals surface area contributed by atoms with Crippen molar-refractivity contribution in [3.05, 3.63) is 30.4 Å². The van der Waals surface area contributed by atoms with Crippen molar-refractivity contribution >= 4 is 5.91 Å². The van der Waals surface area contributed by atoms with Crippen LogP contribution in [-0.4, -0.2) is 44.9 Å². The maximum absolute atomic E-state index is 11.7. The Hall–Kier alpha value is -1.62. The number of amides is 1. The van der Waals surface area contributed by atoms with Gasteiger partial charge in [-0.05, 0) is 32.0 Å². The van der Waals surface area contributed by atoms with Crippen molar-refractivity contribution in [2.45, 2.75) is 38.9 Å². The monoisotopic (exact) mass is 274 g/mol. The summed E-state index contributed by atoms with van der Waals surface area (Å²) in [6.45, 7) is 9.04. The van der Waals surface area contributed by atoms with Crippen molar-refractivity contribution in [2.75, 3.05) is 19.6 Å². The molecule has 1 aromatic rings. The summed E-state index contributed by atoms with van der Waals surface area (Å²) in [4.78, 5) is 20.7. The van der Waals surface area contributed by atoms with E-state index in [9.17, 15) is 4.79 Å². The van der Waals surface area contributed by atoms with Crippen LogP contribution in [0.3, 0.4) is 0 Å². The van der Waals surface area contributed by atoms with E-state index in [1.165, 1.54) is 38.4 Å². The highest BCUT2D eigenvalue weighted by Crippen LogP contribution is 2.16. The summed E-state index contributed by atoms with van der Waals surface area (Å²) < 4.78 is 2.19. The Morgan fingerprint density at radius 3 is 2.80 bits per heavy atom. The van der Waals surface area contributed by atoms with Gasteiger partial charge in [0, 0.05) is 25.8 Å². The predicted molar refractivity (Wildman–Crippen MR) is 77.0 cm³/mol. The van der Waals surface area contributed by atoms with Crippen LogP contribution in [0.25, 0.3) is 0 Å². The number of hydrogen-bond acceptors (Lipinski definition) is 3. The number of rotatable bonds is 3. The summed E-state index contributed by atoms with van der Waals surface area (Å²) in [6, 6.07) is 0. The van der Waals surface area contributed by atoms with Gasteiger partial charge < -0.3 is 9.47 Å². The minimum atomic E-state index is -0.00293. The number of fused-ring (bicyclic) bond motifs is 1. The second-order valence-corrected chi connectivity index (χ2v) is 5.64.